The van der Waals surface area contributed by atoms with Gasteiger partial charge in [-0.3, -0.25) is 0 Å². The number of piperazine rings is 1. The first-order valence-electron chi connectivity index (χ1n) is 8.15. The van der Waals surface area contributed by atoms with Gasteiger partial charge in [0.1, 0.15) is 6.33 Å². The molecule has 1 aromatic carbocycles. The molecule has 1 fully saturated rings. The number of anilines is 2. The molecule has 0 saturated carbocycles. The molecule has 1 saturated heterocycles. The van der Waals surface area contributed by atoms with Crippen LogP contribution in [0.15, 0.2) is 55.1 Å². The minimum atomic E-state index is 0.630. The third kappa shape index (κ3) is 3.39. The van der Waals surface area contributed by atoms with Crippen molar-refractivity contribution in [1.82, 2.24) is 20.2 Å². The molecule has 126 valence electrons. The Balaban J connectivity index is 1.48. The van der Waals surface area contributed by atoms with E-state index in [1.54, 1.807) is 6.33 Å². The molecule has 0 aliphatic carbocycles. The first-order valence-corrected chi connectivity index (χ1v) is 8.52. The number of benzene rings is 1. The van der Waals surface area contributed by atoms with Crippen molar-refractivity contribution in [3.63, 3.8) is 0 Å². The monoisotopic (exact) mass is 352 g/mol. The van der Waals surface area contributed by atoms with Gasteiger partial charge in [0.25, 0.3) is 0 Å². The maximum Gasteiger partial charge on any atom is 0.170 e. The van der Waals surface area contributed by atoms with Crippen LogP contribution >= 0.6 is 11.6 Å². The normalized spacial score (nSPS) is 14.6. The number of nitrogens with zero attached hydrogens (tertiary/aromatic N) is 6. The van der Waals surface area contributed by atoms with Gasteiger partial charge in [0.15, 0.2) is 5.82 Å². The molecule has 0 amide bonds. The Bertz CT molecular complexity index is 835. The highest BCUT2D eigenvalue weighted by molar-refractivity contribution is 6.33. The van der Waals surface area contributed by atoms with E-state index in [0.29, 0.717) is 5.02 Å². The minimum absolute atomic E-state index is 0.630. The summed E-state index contributed by atoms with van der Waals surface area (Å²) in [7, 11) is 0. The Morgan fingerprint density at radius 3 is 2.20 bits per heavy atom. The third-order valence-corrected chi connectivity index (χ3v) is 4.57. The predicted molar refractivity (Wildman–Crippen MR) is 98.9 cm³/mol. The Morgan fingerprint density at radius 1 is 0.840 bits per heavy atom. The van der Waals surface area contributed by atoms with E-state index in [4.69, 9.17) is 11.6 Å². The van der Waals surface area contributed by atoms with E-state index >= 15 is 0 Å². The van der Waals surface area contributed by atoms with Crippen LogP contribution in [0.1, 0.15) is 0 Å². The molecule has 2 aromatic heterocycles. The van der Waals surface area contributed by atoms with E-state index in [9.17, 15) is 0 Å². The second-order valence-corrected chi connectivity index (χ2v) is 6.25. The Morgan fingerprint density at radius 2 is 1.52 bits per heavy atom. The maximum absolute atomic E-state index is 6.49. The van der Waals surface area contributed by atoms with Gasteiger partial charge in [-0.15, -0.1) is 10.2 Å². The van der Waals surface area contributed by atoms with E-state index in [2.05, 4.69) is 30.0 Å². The van der Waals surface area contributed by atoms with Crippen LogP contribution in [-0.2, 0) is 0 Å². The zero-order valence-corrected chi connectivity index (χ0v) is 14.3. The number of halogens is 1. The molecule has 1 aliphatic rings. The summed E-state index contributed by atoms with van der Waals surface area (Å²) >= 11 is 6.49. The second kappa shape index (κ2) is 7.03. The van der Waals surface area contributed by atoms with E-state index in [1.165, 1.54) is 0 Å². The molecule has 3 aromatic rings. The smallest absolute Gasteiger partial charge is 0.170 e. The highest BCUT2D eigenvalue weighted by Crippen LogP contribution is 2.28. The van der Waals surface area contributed by atoms with E-state index in [0.717, 1.165) is 48.9 Å². The molecule has 0 bridgehead atoms. The largest absolute Gasteiger partial charge is 0.365 e. The van der Waals surface area contributed by atoms with Crippen molar-refractivity contribution in [2.45, 2.75) is 0 Å². The number of hydrogen-bond donors (Lipinski definition) is 0. The molecule has 6 nitrogen and oxygen atoms in total. The molecule has 0 spiro atoms. The van der Waals surface area contributed by atoms with Crippen molar-refractivity contribution >= 4 is 23.1 Å². The highest BCUT2D eigenvalue weighted by atomic mass is 35.5. The Hall–Kier alpha value is -2.73. The first kappa shape index (κ1) is 15.8. The van der Waals surface area contributed by atoms with E-state index < -0.39 is 0 Å². The number of aromatic nitrogens is 4. The second-order valence-electron chi connectivity index (χ2n) is 5.84. The van der Waals surface area contributed by atoms with Gasteiger partial charge in [0, 0.05) is 31.7 Å². The summed E-state index contributed by atoms with van der Waals surface area (Å²) in [5.74, 6) is 0.741. The summed E-state index contributed by atoms with van der Waals surface area (Å²) in [6.45, 7) is 3.39. The third-order valence-electron chi connectivity index (χ3n) is 4.29. The summed E-state index contributed by atoms with van der Waals surface area (Å²) in [5, 5.41) is 9.36. The lowest BCUT2D eigenvalue weighted by molar-refractivity contribution is 0.642. The summed E-state index contributed by atoms with van der Waals surface area (Å²) in [6.07, 6.45) is 5.22. The summed E-state index contributed by atoms with van der Waals surface area (Å²) in [5.41, 5.74) is 2.84. The molecule has 3 heterocycles. The fourth-order valence-electron chi connectivity index (χ4n) is 2.96. The standard InChI is InChI=1S/C18H17ClN6/c19-16-10-17(14-4-2-1-3-5-14)22-23-18(16)25-8-6-24(7-9-25)15-11-20-13-21-12-15/h1-5,10-13H,6-9H2. The van der Waals surface area contributed by atoms with Crippen LogP contribution in [0.4, 0.5) is 11.5 Å². The Kier molecular flexibility index (Phi) is 4.43. The minimum Gasteiger partial charge on any atom is -0.365 e. The zero-order chi connectivity index (χ0) is 17.1. The lowest BCUT2D eigenvalue weighted by Gasteiger charge is -2.36. The van der Waals surface area contributed by atoms with Crippen LogP contribution in [0.25, 0.3) is 11.3 Å². The summed E-state index contributed by atoms with van der Waals surface area (Å²) in [4.78, 5) is 12.6. The van der Waals surface area contributed by atoms with Crippen LogP contribution in [0.2, 0.25) is 5.02 Å². The first-order chi connectivity index (χ1) is 12.3. The van der Waals surface area contributed by atoms with Crippen molar-refractivity contribution in [2.75, 3.05) is 36.0 Å². The quantitative estimate of drug-likeness (QED) is 0.722. The van der Waals surface area contributed by atoms with Gasteiger partial charge in [-0.05, 0) is 6.07 Å². The van der Waals surface area contributed by atoms with Gasteiger partial charge in [-0.25, -0.2) is 9.97 Å². The average molecular weight is 353 g/mol. The fraction of sp³-hybridized carbons (Fsp3) is 0.222. The zero-order valence-electron chi connectivity index (χ0n) is 13.6. The lowest BCUT2D eigenvalue weighted by atomic mass is 10.1. The topological polar surface area (TPSA) is 58.0 Å². The van der Waals surface area contributed by atoms with E-state index in [-0.39, 0.29) is 0 Å². The molecule has 0 unspecified atom stereocenters. The molecular formula is C18H17ClN6. The molecule has 1 aliphatic heterocycles. The van der Waals surface area contributed by atoms with Gasteiger partial charge >= 0.3 is 0 Å². The molecular weight excluding hydrogens is 336 g/mol. The molecule has 7 heteroatoms. The summed E-state index contributed by atoms with van der Waals surface area (Å²) < 4.78 is 0. The van der Waals surface area contributed by atoms with Gasteiger partial charge in [0.05, 0.1) is 28.8 Å². The van der Waals surface area contributed by atoms with Gasteiger partial charge in [-0.1, -0.05) is 41.9 Å². The van der Waals surface area contributed by atoms with Gasteiger partial charge < -0.3 is 9.80 Å². The van der Waals surface area contributed by atoms with Crippen LogP contribution in [0.3, 0.4) is 0 Å². The lowest BCUT2D eigenvalue weighted by Crippen LogP contribution is -2.47. The maximum atomic E-state index is 6.49. The van der Waals surface area contributed by atoms with Crippen molar-refractivity contribution in [2.24, 2.45) is 0 Å². The van der Waals surface area contributed by atoms with Crippen LogP contribution in [-0.4, -0.2) is 46.3 Å². The molecule has 4 rings (SSSR count). The van der Waals surface area contributed by atoms with E-state index in [1.807, 2.05) is 48.8 Å². The molecule has 0 radical (unpaired) electrons. The molecule has 0 N–H and O–H groups in total. The van der Waals surface area contributed by atoms with Crippen molar-refractivity contribution in [3.8, 4) is 11.3 Å². The van der Waals surface area contributed by atoms with Crippen molar-refractivity contribution in [1.29, 1.82) is 0 Å². The van der Waals surface area contributed by atoms with Gasteiger partial charge in [-0.2, -0.15) is 0 Å². The average Bonchev–Trinajstić information content (AvgIpc) is 2.69. The fourth-order valence-corrected chi connectivity index (χ4v) is 3.22. The highest BCUT2D eigenvalue weighted by Gasteiger charge is 2.21. The van der Waals surface area contributed by atoms with Crippen molar-refractivity contribution in [3.05, 3.63) is 60.1 Å². The predicted octanol–water partition coefficient (Wildman–Crippen LogP) is 2.91. The van der Waals surface area contributed by atoms with Crippen LogP contribution in [0, 0.1) is 0 Å². The van der Waals surface area contributed by atoms with Crippen LogP contribution in [0.5, 0.6) is 0 Å². The molecule has 0 atom stereocenters. The SMILES string of the molecule is Clc1cc(-c2ccccc2)nnc1N1CCN(c2cncnc2)CC1. The number of hydrogen-bond acceptors (Lipinski definition) is 6. The number of rotatable bonds is 3. The van der Waals surface area contributed by atoms with Crippen LogP contribution < -0.4 is 9.80 Å². The Labute approximate surface area is 151 Å². The van der Waals surface area contributed by atoms with Crippen molar-refractivity contribution < 1.29 is 0 Å². The molecule has 25 heavy (non-hydrogen) atoms. The summed E-state index contributed by atoms with van der Waals surface area (Å²) in [6, 6.07) is 11.8. The van der Waals surface area contributed by atoms with Gasteiger partial charge in [0.2, 0.25) is 0 Å².